The molecule has 3 N–H and O–H groups in total. The van der Waals surface area contributed by atoms with Crippen molar-refractivity contribution in [3.63, 3.8) is 0 Å². The molecule has 0 saturated heterocycles. The van der Waals surface area contributed by atoms with E-state index >= 15 is 0 Å². The van der Waals surface area contributed by atoms with Gasteiger partial charge in [0.2, 0.25) is 5.91 Å². The van der Waals surface area contributed by atoms with Crippen LogP contribution in [-0.2, 0) is 9.59 Å². The Morgan fingerprint density at radius 3 is 2.16 bits per heavy atom. The van der Waals surface area contributed by atoms with Crippen LogP contribution in [0.4, 0.5) is 11.4 Å². The normalized spacial score (nSPS) is 11.7. The maximum absolute atomic E-state index is 13.5. The van der Waals surface area contributed by atoms with Gasteiger partial charge in [0.25, 0.3) is 11.8 Å². The molecule has 44 heavy (non-hydrogen) atoms. The van der Waals surface area contributed by atoms with Gasteiger partial charge in [-0.05, 0) is 91.7 Å². The van der Waals surface area contributed by atoms with Crippen molar-refractivity contribution < 1.29 is 23.9 Å². The van der Waals surface area contributed by atoms with Crippen LogP contribution in [0.25, 0.3) is 6.08 Å². The number of carbonyl (C=O) groups excluding carboxylic acids is 3. The predicted octanol–water partition coefficient (Wildman–Crippen LogP) is 7.01. The first-order valence-corrected chi connectivity index (χ1v) is 15.1. The summed E-state index contributed by atoms with van der Waals surface area (Å²) < 4.78 is 10.7. The van der Waals surface area contributed by atoms with Crippen molar-refractivity contribution in [2.45, 2.75) is 30.4 Å². The number of amides is 3. The van der Waals surface area contributed by atoms with Crippen LogP contribution in [0.2, 0.25) is 0 Å². The molecular formula is C35H35N3O5S. The monoisotopic (exact) mass is 609 g/mol. The van der Waals surface area contributed by atoms with Crippen molar-refractivity contribution in [3.05, 3.63) is 120 Å². The molecule has 4 aromatic carbocycles. The molecule has 8 nitrogen and oxygen atoms in total. The summed E-state index contributed by atoms with van der Waals surface area (Å²) >= 11 is 1.41. The molecule has 0 spiro atoms. The number of methoxy groups -OCH3 is 1. The van der Waals surface area contributed by atoms with Crippen LogP contribution >= 0.6 is 11.8 Å². The third kappa shape index (κ3) is 9.24. The predicted molar refractivity (Wildman–Crippen MR) is 176 cm³/mol. The zero-order valence-electron chi connectivity index (χ0n) is 24.8. The van der Waals surface area contributed by atoms with E-state index in [-0.39, 0.29) is 16.9 Å². The molecule has 0 fully saturated rings. The molecule has 0 aliphatic carbocycles. The molecule has 0 aliphatic rings. The zero-order valence-corrected chi connectivity index (χ0v) is 25.6. The van der Waals surface area contributed by atoms with E-state index in [0.29, 0.717) is 41.3 Å². The second-order valence-electron chi connectivity index (χ2n) is 9.59. The van der Waals surface area contributed by atoms with E-state index in [4.69, 9.17) is 9.47 Å². The molecule has 0 heterocycles. The number of hydrogen-bond donors (Lipinski definition) is 3. The van der Waals surface area contributed by atoms with E-state index in [0.717, 1.165) is 10.6 Å². The van der Waals surface area contributed by atoms with E-state index in [1.165, 1.54) is 11.8 Å². The highest BCUT2D eigenvalue weighted by atomic mass is 32.2. The summed E-state index contributed by atoms with van der Waals surface area (Å²) in [5.41, 5.74) is 2.42. The average molecular weight is 610 g/mol. The summed E-state index contributed by atoms with van der Waals surface area (Å²) in [6.07, 6.45) is 2.21. The summed E-state index contributed by atoms with van der Waals surface area (Å²) in [5, 5.41) is 8.24. The second-order valence-corrected chi connectivity index (χ2v) is 10.9. The highest BCUT2D eigenvalue weighted by Gasteiger charge is 2.19. The molecule has 0 aromatic heterocycles. The minimum Gasteiger partial charge on any atom is -0.497 e. The van der Waals surface area contributed by atoms with E-state index < -0.39 is 11.8 Å². The Bertz CT molecular complexity index is 1590. The zero-order chi connectivity index (χ0) is 31.3. The van der Waals surface area contributed by atoms with Gasteiger partial charge < -0.3 is 25.4 Å². The van der Waals surface area contributed by atoms with Gasteiger partial charge in [0.05, 0.1) is 19.0 Å². The van der Waals surface area contributed by atoms with Crippen LogP contribution in [-0.4, -0.2) is 36.7 Å². The number of carbonyl (C=O) groups is 3. The van der Waals surface area contributed by atoms with Gasteiger partial charge in [0.1, 0.15) is 17.2 Å². The minimum atomic E-state index is -0.493. The van der Waals surface area contributed by atoms with Crippen LogP contribution in [0, 0.1) is 0 Å². The lowest BCUT2D eigenvalue weighted by atomic mass is 10.1. The third-order valence-electron chi connectivity index (χ3n) is 6.42. The van der Waals surface area contributed by atoms with Gasteiger partial charge in [-0.3, -0.25) is 14.4 Å². The lowest BCUT2D eigenvalue weighted by Crippen LogP contribution is -2.30. The van der Waals surface area contributed by atoms with Gasteiger partial charge >= 0.3 is 0 Å². The van der Waals surface area contributed by atoms with Crippen LogP contribution in [0.3, 0.4) is 0 Å². The molecule has 1 unspecified atom stereocenters. The van der Waals surface area contributed by atoms with Crippen LogP contribution in [0.15, 0.2) is 114 Å². The Labute approximate surface area is 261 Å². The fourth-order valence-electron chi connectivity index (χ4n) is 4.17. The average Bonchev–Trinajstić information content (AvgIpc) is 3.05. The van der Waals surface area contributed by atoms with Crippen LogP contribution in [0.5, 0.6) is 11.5 Å². The standard InChI is InChI=1S/C35H35N3O5S/c1-4-32(35(41)36-26-16-20-29(21-17-26)43-5-2)44-30-13-9-12-27(23-30)37-34(40)31(22-24-14-18-28(42-3)19-15-24)38-33(39)25-10-7-6-8-11-25/h6-23,32H,4-5H2,1-3H3,(H,36,41)(H,37,40)(H,38,39)/b31-22+. The molecule has 4 rings (SSSR count). The van der Waals surface area contributed by atoms with Crippen molar-refractivity contribution >= 4 is 46.9 Å². The summed E-state index contributed by atoms with van der Waals surface area (Å²) in [6.45, 7) is 4.44. The summed E-state index contributed by atoms with van der Waals surface area (Å²) in [4.78, 5) is 40.3. The lowest BCUT2D eigenvalue weighted by Gasteiger charge is -2.16. The second kappa shape index (κ2) is 16.0. The number of benzene rings is 4. The fourth-order valence-corrected chi connectivity index (χ4v) is 5.18. The summed E-state index contributed by atoms with van der Waals surface area (Å²) in [6, 6.07) is 30.3. The Morgan fingerprint density at radius 2 is 1.50 bits per heavy atom. The highest BCUT2D eigenvalue weighted by Crippen LogP contribution is 2.29. The number of ether oxygens (including phenoxy) is 2. The fraction of sp³-hybridized carbons (Fsp3) is 0.171. The largest absolute Gasteiger partial charge is 0.497 e. The van der Waals surface area contributed by atoms with Gasteiger partial charge in [-0.1, -0.05) is 43.3 Å². The first-order chi connectivity index (χ1) is 21.4. The van der Waals surface area contributed by atoms with E-state index in [1.54, 1.807) is 73.8 Å². The van der Waals surface area contributed by atoms with Gasteiger partial charge in [-0.15, -0.1) is 11.8 Å². The van der Waals surface area contributed by atoms with E-state index in [1.807, 2.05) is 56.3 Å². The molecule has 0 radical (unpaired) electrons. The number of anilines is 2. The SMILES string of the molecule is CCOc1ccc(NC(=O)C(CC)Sc2cccc(NC(=O)/C(=C\c3ccc(OC)cc3)NC(=O)c3ccccc3)c2)cc1. The number of hydrogen-bond acceptors (Lipinski definition) is 6. The smallest absolute Gasteiger partial charge is 0.272 e. The number of rotatable bonds is 13. The lowest BCUT2D eigenvalue weighted by molar-refractivity contribution is -0.116. The molecule has 1 atom stereocenters. The van der Waals surface area contributed by atoms with Crippen LogP contribution in [0.1, 0.15) is 36.2 Å². The maximum atomic E-state index is 13.5. The van der Waals surface area contributed by atoms with Crippen molar-refractivity contribution in [1.29, 1.82) is 0 Å². The highest BCUT2D eigenvalue weighted by molar-refractivity contribution is 8.00. The molecule has 3 amide bonds. The Hall–Kier alpha value is -5.02. The van der Waals surface area contributed by atoms with Crippen molar-refractivity contribution in [3.8, 4) is 11.5 Å². The van der Waals surface area contributed by atoms with Crippen molar-refractivity contribution in [2.24, 2.45) is 0 Å². The molecule has 0 bridgehead atoms. The number of thioether (sulfide) groups is 1. The Balaban J connectivity index is 1.47. The van der Waals surface area contributed by atoms with Crippen molar-refractivity contribution in [1.82, 2.24) is 5.32 Å². The first kappa shape index (κ1) is 31.9. The molecule has 9 heteroatoms. The Morgan fingerprint density at radius 1 is 0.795 bits per heavy atom. The van der Waals surface area contributed by atoms with Gasteiger partial charge in [-0.25, -0.2) is 0 Å². The minimum absolute atomic E-state index is 0.0724. The summed E-state index contributed by atoms with van der Waals surface area (Å²) in [7, 11) is 1.58. The topological polar surface area (TPSA) is 106 Å². The van der Waals surface area contributed by atoms with Crippen LogP contribution < -0.4 is 25.4 Å². The van der Waals surface area contributed by atoms with Gasteiger partial charge in [0.15, 0.2) is 0 Å². The third-order valence-corrected chi connectivity index (χ3v) is 7.78. The molecular weight excluding hydrogens is 574 g/mol. The van der Waals surface area contributed by atoms with E-state index in [9.17, 15) is 14.4 Å². The molecule has 0 saturated carbocycles. The maximum Gasteiger partial charge on any atom is 0.272 e. The molecule has 4 aromatic rings. The van der Waals surface area contributed by atoms with E-state index in [2.05, 4.69) is 16.0 Å². The van der Waals surface area contributed by atoms with Gasteiger partial charge in [-0.2, -0.15) is 0 Å². The Kier molecular flexibility index (Phi) is 11.6. The first-order valence-electron chi connectivity index (χ1n) is 14.2. The number of nitrogens with one attached hydrogen (secondary N) is 3. The van der Waals surface area contributed by atoms with Crippen molar-refractivity contribution in [2.75, 3.05) is 24.4 Å². The molecule has 0 aliphatic heterocycles. The summed E-state index contributed by atoms with van der Waals surface area (Å²) in [5.74, 6) is 0.396. The quantitative estimate of drug-likeness (QED) is 0.111. The van der Waals surface area contributed by atoms with Gasteiger partial charge in [0, 0.05) is 21.8 Å². The molecule has 226 valence electrons.